The summed E-state index contributed by atoms with van der Waals surface area (Å²) < 4.78 is 0. The number of amides is 2. The number of anilines is 1. The lowest BCUT2D eigenvalue weighted by molar-refractivity contribution is 0.0991. The van der Waals surface area contributed by atoms with Crippen LogP contribution in [0, 0.1) is 0 Å². The van der Waals surface area contributed by atoms with Crippen LogP contribution in [0.15, 0.2) is 47.7 Å². The number of primary amides is 2. The lowest BCUT2D eigenvalue weighted by atomic mass is 10.1. The predicted molar refractivity (Wildman–Crippen MR) is 78.9 cm³/mol. The van der Waals surface area contributed by atoms with E-state index in [0.29, 0.717) is 16.9 Å². The molecule has 0 saturated heterocycles. The van der Waals surface area contributed by atoms with E-state index >= 15 is 0 Å². The van der Waals surface area contributed by atoms with E-state index in [2.05, 4.69) is 15.5 Å². The first kappa shape index (κ1) is 14.2. The van der Waals surface area contributed by atoms with Crippen LogP contribution in [0.4, 0.5) is 5.82 Å². The number of nitrogens with one attached hydrogen (secondary N) is 1. The minimum absolute atomic E-state index is 0.326. The average Bonchev–Trinajstić information content (AvgIpc) is 2.48. The van der Waals surface area contributed by atoms with Gasteiger partial charge in [-0.05, 0) is 29.8 Å². The molecule has 1 aromatic carbocycles. The molecule has 0 radical (unpaired) electrons. The number of pyridine rings is 1. The summed E-state index contributed by atoms with van der Waals surface area (Å²) in [6.45, 7) is 0. The zero-order valence-corrected chi connectivity index (χ0v) is 11.0. The van der Waals surface area contributed by atoms with Gasteiger partial charge in [0.2, 0.25) is 11.8 Å². The zero-order chi connectivity index (χ0) is 15.2. The van der Waals surface area contributed by atoms with Gasteiger partial charge in [0.15, 0.2) is 0 Å². The number of aromatic nitrogens is 1. The first-order chi connectivity index (χ1) is 10.1. The van der Waals surface area contributed by atoms with Gasteiger partial charge in [0, 0.05) is 11.8 Å². The Morgan fingerprint density at radius 3 is 2.14 bits per heavy atom. The molecule has 0 saturated carbocycles. The number of hydrazone groups is 1. The molecule has 0 fully saturated rings. The fourth-order valence-electron chi connectivity index (χ4n) is 1.51. The summed E-state index contributed by atoms with van der Waals surface area (Å²) in [4.78, 5) is 25.8. The third kappa shape index (κ3) is 3.87. The minimum atomic E-state index is -0.535. The average molecular weight is 283 g/mol. The Hall–Kier alpha value is -3.22. The van der Waals surface area contributed by atoms with Gasteiger partial charge in [-0.3, -0.25) is 15.0 Å². The first-order valence-corrected chi connectivity index (χ1v) is 6.01. The van der Waals surface area contributed by atoms with Gasteiger partial charge in [0.25, 0.3) is 0 Å². The van der Waals surface area contributed by atoms with Crippen molar-refractivity contribution in [2.45, 2.75) is 0 Å². The maximum atomic E-state index is 10.9. The molecule has 2 amide bonds. The molecule has 0 aliphatic carbocycles. The summed E-state index contributed by atoms with van der Waals surface area (Å²) in [5.74, 6) is -0.535. The van der Waals surface area contributed by atoms with Crippen LogP contribution in [0.5, 0.6) is 0 Å². The Morgan fingerprint density at radius 1 is 1.00 bits per heavy atom. The van der Waals surface area contributed by atoms with Crippen molar-refractivity contribution in [2.75, 3.05) is 5.43 Å². The van der Waals surface area contributed by atoms with Crippen LogP contribution in [0.1, 0.15) is 26.3 Å². The van der Waals surface area contributed by atoms with Crippen molar-refractivity contribution in [1.29, 1.82) is 0 Å². The highest BCUT2D eigenvalue weighted by Crippen LogP contribution is 2.05. The molecular formula is C14H13N5O2. The van der Waals surface area contributed by atoms with Crippen molar-refractivity contribution in [1.82, 2.24) is 4.98 Å². The second-order valence-electron chi connectivity index (χ2n) is 4.15. The fourth-order valence-corrected chi connectivity index (χ4v) is 1.51. The third-order valence-corrected chi connectivity index (χ3v) is 2.64. The second-order valence-corrected chi connectivity index (χ2v) is 4.15. The number of carbonyl (C=O) groups excluding carboxylic acids is 2. The standard InChI is InChI=1S/C14H13N5O2/c15-13(20)10-3-1-9(2-4-10)7-18-19-12-6-5-11(8-17-12)14(16)21/h1-8H,(H2,15,20)(H2,16,21)(H,17,19)/b18-7+. The zero-order valence-electron chi connectivity index (χ0n) is 11.0. The number of hydrogen-bond donors (Lipinski definition) is 3. The van der Waals surface area contributed by atoms with Crippen LogP contribution in [-0.4, -0.2) is 23.0 Å². The minimum Gasteiger partial charge on any atom is -0.366 e. The second kappa shape index (κ2) is 6.29. The van der Waals surface area contributed by atoms with E-state index in [4.69, 9.17) is 11.5 Å². The maximum Gasteiger partial charge on any atom is 0.250 e. The third-order valence-electron chi connectivity index (χ3n) is 2.64. The lowest BCUT2D eigenvalue weighted by Gasteiger charge is -2.00. The van der Waals surface area contributed by atoms with Gasteiger partial charge in [-0.25, -0.2) is 4.98 Å². The summed E-state index contributed by atoms with van der Waals surface area (Å²) >= 11 is 0. The Balaban J connectivity index is 1.98. The summed E-state index contributed by atoms with van der Waals surface area (Å²) in [5.41, 5.74) is 14.5. The van der Waals surface area contributed by atoms with Crippen LogP contribution in [0.2, 0.25) is 0 Å². The number of nitrogens with two attached hydrogens (primary N) is 2. The molecule has 0 atom stereocenters. The molecule has 0 unspecified atom stereocenters. The molecule has 7 heteroatoms. The van der Waals surface area contributed by atoms with Crippen LogP contribution in [-0.2, 0) is 0 Å². The van der Waals surface area contributed by atoms with Gasteiger partial charge in [-0.1, -0.05) is 12.1 Å². The molecule has 0 aliphatic rings. The van der Waals surface area contributed by atoms with Crippen molar-refractivity contribution in [3.05, 3.63) is 59.3 Å². The molecule has 1 heterocycles. The maximum absolute atomic E-state index is 10.9. The van der Waals surface area contributed by atoms with Crippen molar-refractivity contribution in [3.63, 3.8) is 0 Å². The number of benzene rings is 1. The molecule has 0 aliphatic heterocycles. The molecule has 1 aromatic heterocycles. The van der Waals surface area contributed by atoms with E-state index in [1.807, 2.05) is 0 Å². The van der Waals surface area contributed by atoms with E-state index in [1.165, 1.54) is 6.20 Å². The highest BCUT2D eigenvalue weighted by atomic mass is 16.1. The highest BCUT2D eigenvalue weighted by Gasteiger charge is 2.00. The summed E-state index contributed by atoms with van der Waals surface area (Å²) in [7, 11) is 0. The Morgan fingerprint density at radius 2 is 1.62 bits per heavy atom. The molecule has 5 N–H and O–H groups in total. The summed E-state index contributed by atoms with van der Waals surface area (Å²) in [5, 5.41) is 3.99. The molecular weight excluding hydrogens is 270 g/mol. The molecule has 0 spiro atoms. The van der Waals surface area contributed by atoms with E-state index in [0.717, 1.165) is 5.56 Å². The van der Waals surface area contributed by atoms with E-state index in [1.54, 1.807) is 42.6 Å². The van der Waals surface area contributed by atoms with Crippen molar-refractivity contribution in [2.24, 2.45) is 16.6 Å². The van der Waals surface area contributed by atoms with Gasteiger partial charge >= 0.3 is 0 Å². The lowest BCUT2D eigenvalue weighted by Crippen LogP contribution is -2.11. The van der Waals surface area contributed by atoms with Gasteiger partial charge in [0.1, 0.15) is 5.82 Å². The Labute approximate surface area is 120 Å². The molecule has 106 valence electrons. The number of rotatable bonds is 5. The fraction of sp³-hybridized carbons (Fsp3) is 0. The quantitative estimate of drug-likeness (QED) is 0.552. The van der Waals surface area contributed by atoms with Gasteiger partial charge in [-0.2, -0.15) is 5.10 Å². The molecule has 0 bridgehead atoms. The topological polar surface area (TPSA) is 123 Å². The number of carbonyl (C=O) groups is 2. The van der Waals surface area contributed by atoms with Crippen LogP contribution < -0.4 is 16.9 Å². The van der Waals surface area contributed by atoms with E-state index in [-0.39, 0.29) is 0 Å². The number of nitrogens with zero attached hydrogens (tertiary/aromatic N) is 2. The van der Waals surface area contributed by atoms with Crippen molar-refractivity contribution < 1.29 is 9.59 Å². The largest absolute Gasteiger partial charge is 0.366 e. The predicted octanol–water partition coefficient (Wildman–Crippen LogP) is 0.725. The van der Waals surface area contributed by atoms with Crippen LogP contribution in [0.3, 0.4) is 0 Å². The van der Waals surface area contributed by atoms with E-state index in [9.17, 15) is 9.59 Å². The Bertz CT molecular complexity index is 678. The van der Waals surface area contributed by atoms with Gasteiger partial charge < -0.3 is 11.5 Å². The Kier molecular flexibility index (Phi) is 4.25. The van der Waals surface area contributed by atoms with Crippen molar-refractivity contribution >= 4 is 23.8 Å². The highest BCUT2D eigenvalue weighted by molar-refractivity contribution is 5.94. The van der Waals surface area contributed by atoms with Gasteiger partial charge in [-0.15, -0.1) is 0 Å². The number of hydrogen-bond acceptors (Lipinski definition) is 5. The summed E-state index contributed by atoms with van der Waals surface area (Å²) in [6, 6.07) is 9.80. The van der Waals surface area contributed by atoms with Gasteiger partial charge in [0.05, 0.1) is 11.8 Å². The monoisotopic (exact) mass is 283 g/mol. The smallest absolute Gasteiger partial charge is 0.250 e. The van der Waals surface area contributed by atoms with Crippen molar-refractivity contribution in [3.8, 4) is 0 Å². The van der Waals surface area contributed by atoms with Crippen LogP contribution in [0.25, 0.3) is 0 Å². The molecule has 7 nitrogen and oxygen atoms in total. The van der Waals surface area contributed by atoms with E-state index < -0.39 is 11.8 Å². The normalized spacial score (nSPS) is 10.5. The first-order valence-electron chi connectivity index (χ1n) is 6.01. The molecule has 2 aromatic rings. The molecule has 2 rings (SSSR count). The molecule has 21 heavy (non-hydrogen) atoms. The summed E-state index contributed by atoms with van der Waals surface area (Å²) in [6.07, 6.45) is 2.93. The SMILES string of the molecule is NC(=O)c1ccc(/C=N/Nc2ccc(C(N)=O)cn2)cc1. The van der Waals surface area contributed by atoms with Crippen LogP contribution >= 0.6 is 0 Å².